The molecule has 22 heavy (non-hydrogen) atoms. The monoisotopic (exact) mass is 290 g/mol. The normalized spacial score (nSPS) is 10.6. The maximum absolute atomic E-state index is 10.2. The fourth-order valence-electron chi connectivity index (χ4n) is 2.53. The Morgan fingerprint density at radius 3 is 2.55 bits per heavy atom. The minimum Gasteiger partial charge on any atom is -0.507 e. The summed E-state index contributed by atoms with van der Waals surface area (Å²) < 4.78 is 0. The smallest absolute Gasteiger partial charge is 0.123 e. The zero-order valence-electron chi connectivity index (χ0n) is 12.5. The van der Waals surface area contributed by atoms with Gasteiger partial charge in [-0.2, -0.15) is 0 Å². The molecule has 0 radical (unpaired) electrons. The van der Waals surface area contributed by atoms with Crippen LogP contribution < -0.4 is 5.73 Å². The highest BCUT2D eigenvalue weighted by molar-refractivity contribution is 5.77. The number of aromatic hydroxyl groups is 1. The fourth-order valence-corrected chi connectivity index (χ4v) is 2.53. The van der Waals surface area contributed by atoms with Gasteiger partial charge in [0, 0.05) is 18.3 Å². The summed E-state index contributed by atoms with van der Waals surface area (Å²) in [4.78, 5) is 4.20. The lowest BCUT2D eigenvalue weighted by atomic mass is 9.97. The van der Waals surface area contributed by atoms with Crippen molar-refractivity contribution < 1.29 is 5.11 Å². The van der Waals surface area contributed by atoms with Crippen LogP contribution in [0.3, 0.4) is 0 Å². The van der Waals surface area contributed by atoms with E-state index in [9.17, 15) is 5.11 Å². The Balaban J connectivity index is 2.10. The number of nitrogens with zero attached hydrogens (tertiary/aromatic N) is 1. The van der Waals surface area contributed by atoms with Gasteiger partial charge in [-0.1, -0.05) is 35.9 Å². The fraction of sp³-hybridized carbons (Fsp3) is 0.105. The van der Waals surface area contributed by atoms with Crippen LogP contribution in [-0.2, 0) is 6.54 Å². The molecule has 0 amide bonds. The Bertz CT molecular complexity index is 812. The van der Waals surface area contributed by atoms with Crippen LogP contribution in [0.25, 0.3) is 22.3 Å². The van der Waals surface area contributed by atoms with Crippen LogP contribution in [0.15, 0.2) is 60.8 Å². The van der Waals surface area contributed by atoms with Gasteiger partial charge in [-0.15, -0.1) is 0 Å². The van der Waals surface area contributed by atoms with E-state index in [1.165, 1.54) is 5.56 Å². The molecule has 0 saturated heterocycles. The molecular formula is C19H18N2O. The Labute approximate surface area is 130 Å². The molecule has 110 valence electrons. The van der Waals surface area contributed by atoms with Crippen molar-refractivity contribution in [3.63, 3.8) is 0 Å². The number of phenolic OH excluding ortho intramolecular Hbond substituents is 1. The maximum atomic E-state index is 10.2. The quantitative estimate of drug-likeness (QED) is 0.769. The van der Waals surface area contributed by atoms with Crippen molar-refractivity contribution in [2.45, 2.75) is 13.5 Å². The summed E-state index contributed by atoms with van der Waals surface area (Å²) in [6.45, 7) is 2.45. The van der Waals surface area contributed by atoms with Crippen molar-refractivity contribution in [2.75, 3.05) is 0 Å². The van der Waals surface area contributed by atoms with E-state index in [4.69, 9.17) is 5.73 Å². The van der Waals surface area contributed by atoms with Gasteiger partial charge in [-0.3, -0.25) is 4.98 Å². The largest absolute Gasteiger partial charge is 0.507 e. The number of aryl methyl sites for hydroxylation is 1. The average molecular weight is 290 g/mol. The van der Waals surface area contributed by atoms with E-state index in [-0.39, 0.29) is 5.75 Å². The summed E-state index contributed by atoms with van der Waals surface area (Å²) in [5.74, 6) is 0.255. The zero-order chi connectivity index (χ0) is 15.5. The second kappa shape index (κ2) is 6.00. The van der Waals surface area contributed by atoms with Gasteiger partial charge in [0.2, 0.25) is 0 Å². The summed E-state index contributed by atoms with van der Waals surface area (Å²) in [6.07, 6.45) is 1.72. The lowest BCUT2D eigenvalue weighted by Gasteiger charge is -2.10. The van der Waals surface area contributed by atoms with E-state index in [0.29, 0.717) is 6.54 Å². The van der Waals surface area contributed by atoms with Gasteiger partial charge in [-0.05, 0) is 47.9 Å². The molecule has 0 unspecified atom stereocenters. The van der Waals surface area contributed by atoms with Gasteiger partial charge < -0.3 is 10.8 Å². The molecule has 3 nitrogen and oxygen atoms in total. The molecule has 0 saturated carbocycles. The summed E-state index contributed by atoms with van der Waals surface area (Å²) in [5.41, 5.74) is 11.6. The summed E-state index contributed by atoms with van der Waals surface area (Å²) in [7, 11) is 0. The van der Waals surface area contributed by atoms with Gasteiger partial charge in [0.15, 0.2) is 0 Å². The van der Waals surface area contributed by atoms with Crippen molar-refractivity contribution in [2.24, 2.45) is 5.73 Å². The van der Waals surface area contributed by atoms with Crippen molar-refractivity contribution in [1.82, 2.24) is 4.98 Å². The first-order chi connectivity index (χ1) is 10.7. The molecule has 0 fully saturated rings. The number of pyridine rings is 1. The highest BCUT2D eigenvalue weighted by Gasteiger charge is 2.08. The van der Waals surface area contributed by atoms with E-state index >= 15 is 0 Å². The molecule has 0 aliphatic heterocycles. The zero-order valence-corrected chi connectivity index (χ0v) is 12.5. The van der Waals surface area contributed by atoms with Crippen LogP contribution in [0, 0.1) is 6.92 Å². The van der Waals surface area contributed by atoms with Crippen LogP contribution in [0.2, 0.25) is 0 Å². The number of aromatic nitrogens is 1. The minimum atomic E-state index is 0.255. The van der Waals surface area contributed by atoms with Gasteiger partial charge in [-0.25, -0.2) is 0 Å². The summed E-state index contributed by atoms with van der Waals surface area (Å²) in [5, 5.41) is 10.2. The second-order valence-corrected chi connectivity index (χ2v) is 5.34. The third-order valence-corrected chi connectivity index (χ3v) is 3.68. The van der Waals surface area contributed by atoms with E-state index in [0.717, 1.165) is 27.9 Å². The minimum absolute atomic E-state index is 0.255. The lowest BCUT2D eigenvalue weighted by Crippen LogP contribution is -1.99. The number of nitrogens with two attached hydrogens (primary N) is 1. The number of benzene rings is 2. The average Bonchev–Trinajstić information content (AvgIpc) is 2.55. The van der Waals surface area contributed by atoms with Crippen molar-refractivity contribution in [3.8, 4) is 28.0 Å². The van der Waals surface area contributed by atoms with E-state index in [1.54, 1.807) is 12.3 Å². The first-order valence-electron chi connectivity index (χ1n) is 7.23. The summed E-state index contributed by atoms with van der Waals surface area (Å²) in [6, 6.07) is 17.8. The second-order valence-electron chi connectivity index (χ2n) is 5.34. The standard InChI is InChI=1S/C19H18N2O/c1-13-3-2-4-14(9-13)15-5-6-19(22)18(11-15)16-7-8-21-17(10-16)12-20/h2-11,22H,12,20H2,1H3. The van der Waals surface area contributed by atoms with Crippen LogP contribution in [0.4, 0.5) is 0 Å². The molecule has 0 spiro atoms. The van der Waals surface area contributed by atoms with E-state index in [1.807, 2.05) is 30.3 Å². The van der Waals surface area contributed by atoms with Gasteiger partial charge in [0.25, 0.3) is 0 Å². The Morgan fingerprint density at radius 1 is 0.955 bits per heavy atom. The third-order valence-electron chi connectivity index (χ3n) is 3.68. The molecular weight excluding hydrogens is 272 g/mol. The number of phenols is 1. The van der Waals surface area contributed by atoms with Crippen molar-refractivity contribution in [1.29, 1.82) is 0 Å². The Kier molecular flexibility index (Phi) is 3.90. The molecule has 3 N–H and O–H groups in total. The topological polar surface area (TPSA) is 59.1 Å². The molecule has 2 aromatic carbocycles. The summed E-state index contributed by atoms with van der Waals surface area (Å²) >= 11 is 0. The van der Waals surface area contributed by atoms with Crippen LogP contribution in [-0.4, -0.2) is 10.1 Å². The van der Waals surface area contributed by atoms with Crippen molar-refractivity contribution in [3.05, 3.63) is 72.1 Å². The van der Waals surface area contributed by atoms with E-state index < -0.39 is 0 Å². The highest BCUT2D eigenvalue weighted by Crippen LogP contribution is 2.33. The first-order valence-corrected chi connectivity index (χ1v) is 7.23. The molecule has 0 aliphatic rings. The van der Waals surface area contributed by atoms with Crippen LogP contribution in [0.1, 0.15) is 11.3 Å². The number of rotatable bonds is 3. The van der Waals surface area contributed by atoms with Gasteiger partial charge in [0.1, 0.15) is 5.75 Å². The van der Waals surface area contributed by atoms with Crippen LogP contribution >= 0.6 is 0 Å². The predicted molar refractivity (Wildman–Crippen MR) is 89.4 cm³/mol. The maximum Gasteiger partial charge on any atom is 0.123 e. The molecule has 3 aromatic rings. The molecule has 0 aliphatic carbocycles. The SMILES string of the molecule is Cc1cccc(-c2ccc(O)c(-c3ccnc(CN)c3)c2)c1. The Hall–Kier alpha value is -2.65. The molecule has 1 aromatic heterocycles. The molecule has 3 heteroatoms. The number of hydrogen-bond acceptors (Lipinski definition) is 3. The highest BCUT2D eigenvalue weighted by atomic mass is 16.3. The molecule has 3 rings (SSSR count). The predicted octanol–water partition coefficient (Wildman–Crippen LogP) is 3.89. The molecule has 0 atom stereocenters. The lowest BCUT2D eigenvalue weighted by molar-refractivity contribution is 0.477. The first kappa shape index (κ1) is 14.3. The molecule has 1 heterocycles. The van der Waals surface area contributed by atoms with Gasteiger partial charge in [0.05, 0.1) is 5.69 Å². The molecule has 0 bridgehead atoms. The Morgan fingerprint density at radius 2 is 1.77 bits per heavy atom. The van der Waals surface area contributed by atoms with Gasteiger partial charge >= 0.3 is 0 Å². The number of hydrogen-bond donors (Lipinski definition) is 2. The van der Waals surface area contributed by atoms with Crippen LogP contribution in [0.5, 0.6) is 5.75 Å². The third kappa shape index (κ3) is 2.85. The van der Waals surface area contributed by atoms with Crippen molar-refractivity contribution >= 4 is 0 Å². The van der Waals surface area contributed by atoms with E-state index in [2.05, 4.69) is 30.1 Å².